The minimum Gasteiger partial charge on any atom is -0.465 e. The van der Waals surface area contributed by atoms with Gasteiger partial charge in [-0.15, -0.1) is 5.10 Å². The number of esters is 1. The number of nitrogens with zero attached hydrogens (tertiary/aromatic N) is 5. The normalized spacial score (nSPS) is 19.3. The minimum absolute atomic E-state index is 0.0413. The van der Waals surface area contributed by atoms with E-state index in [1.165, 1.54) is 4.52 Å². The highest BCUT2D eigenvalue weighted by Crippen LogP contribution is 2.44. The van der Waals surface area contributed by atoms with Crippen molar-refractivity contribution in [3.05, 3.63) is 33.5 Å². The number of aromatic nitrogens is 4. The molecule has 5 rings (SSSR count). The first-order valence-corrected chi connectivity index (χ1v) is 13.6. The van der Waals surface area contributed by atoms with Crippen LogP contribution in [0.4, 0.5) is 4.79 Å². The van der Waals surface area contributed by atoms with Crippen LogP contribution in [-0.2, 0) is 37.4 Å². The summed E-state index contributed by atoms with van der Waals surface area (Å²) in [7, 11) is 0. The van der Waals surface area contributed by atoms with Crippen molar-refractivity contribution in [2.75, 3.05) is 32.9 Å². The van der Waals surface area contributed by atoms with Crippen LogP contribution in [0.15, 0.2) is 10.9 Å². The summed E-state index contributed by atoms with van der Waals surface area (Å²) in [6.07, 6.45) is 5.93. The maximum Gasteiger partial charge on any atom is 0.410 e. The number of rotatable bonds is 4. The molecule has 4 heterocycles. The summed E-state index contributed by atoms with van der Waals surface area (Å²) < 4.78 is 19.5. The van der Waals surface area contributed by atoms with Gasteiger partial charge in [0.15, 0.2) is 5.82 Å². The molecular formula is C27H37N5O6. The van der Waals surface area contributed by atoms with E-state index in [-0.39, 0.29) is 30.8 Å². The van der Waals surface area contributed by atoms with Gasteiger partial charge in [0, 0.05) is 29.8 Å². The average Bonchev–Trinajstić information content (AvgIpc) is 3.33. The lowest BCUT2D eigenvalue weighted by Crippen LogP contribution is -2.50. The largest absolute Gasteiger partial charge is 0.465 e. The molecule has 38 heavy (non-hydrogen) atoms. The molecule has 1 aliphatic carbocycles. The lowest BCUT2D eigenvalue weighted by atomic mass is 9.66. The van der Waals surface area contributed by atoms with E-state index in [0.717, 1.165) is 24.1 Å². The van der Waals surface area contributed by atoms with E-state index >= 15 is 0 Å². The lowest BCUT2D eigenvalue weighted by molar-refractivity contribution is -0.143. The van der Waals surface area contributed by atoms with E-state index in [2.05, 4.69) is 5.10 Å². The number of hydrogen-bond acceptors (Lipinski definition) is 8. The summed E-state index contributed by atoms with van der Waals surface area (Å²) in [5.74, 6) is 0.459. The fourth-order valence-corrected chi connectivity index (χ4v) is 5.92. The molecule has 1 fully saturated rings. The molecule has 3 aliphatic rings. The van der Waals surface area contributed by atoms with Crippen molar-refractivity contribution >= 4 is 23.4 Å². The Hall–Kier alpha value is -3.21. The monoisotopic (exact) mass is 527 g/mol. The highest BCUT2D eigenvalue weighted by molar-refractivity contribution is 5.71. The molecule has 1 amide bonds. The van der Waals surface area contributed by atoms with E-state index in [1.54, 1.807) is 11.8 Å². The summed E-state index contributed by atoms with van der Waals surface area (Å²) in [6, 6.07) is 0. The summed E-state index contributed by atoms with van der Waals surface area (Å²) in [6.45, 7) is 9.61. The van der Waals surface area contributed by atoms with Crippen molar-refractivity contribution in [1.29, 1.82) is 0 Å². The SMILES string of the molecule is CCOC(=O)Cn1c2c(c(=O)n3nc(C4=CCOCC4)nc13)C1(CCC2)CCN(C(=O)OC(C)(C)C)CC1. The van der Waals surface area contributed by atoms with Crippen molar-refractivity contribution in [2.24, 2.45) is 0 Å². The van der Waals surface area contributed by atoms with Gasteiger partial charge in [-0.05, 0) is 71.8 Å². The summed E-state index contributed by atoms with van der Waals surface area (Å²) in [5, 5.41) is 4.63. The number of hydrogen-bond donors (Lipinski definition) is 0. The molecule has 0 saturated carbocycles. The average molecular weight is 528 g/mol. The summed E-state index contributed by atoms with van der Waals surface area (Å²) in [5.41, 5.74) is 1.29. The number of likely N-dealkylation sites (tertiary alicyclic amines) is 1. The Bertz CT molecular complexity index is 1330. The van der Waals surface area contributed by atoms with E-state index in [0.29, 0.717) is 69.2 Å². The highest BCUT2D eigenvalue weighted by atomic mass is 16.6. The molecule has 0 bridgehead atoms. The maximum atomic E-state index is 14.1. The smallest absolute Gasteiger partial charge is 0.410 e. The zero-order valence-corrected chi connectivity index (χ0v) is 22.7. The molecule has 0 N–H and O–H groups in total. The third-order valence-electron chi connectivity index (χ3n) is 7.67. The summed E-state index contributed by atoms with van der Waals surface area (Å²) in [4.78, 5) is 45.9. The molecular weight excluding hydrogens is 490 g/mol. The van der Waals surface area contributed by atoms with Gasteiger partial charge in [-0.2, -0.15) is 9.50 Å². The molecule has 1 saturated heterocycles. The Balaban J connectivity index is 1.58. The molecule has 206 valence electrons. The molecule has 0 aromatic carbocycles. The molecule has 11 nitrogen and oxygen atoms in total. The quantitative estimate of drug-likeness (QED) is 0.557. The maximum absolute atomic E-state index is 14.1. The lowest BCUT2D eigenvalue weighted by Gasteiger charge is -2.45. The Morgan fingerprint density at radius 1 is 1.16 bits per heavy atom. The van der Waals surface area contributed by atoms with E-state index in [9.17, 15) is 14.4 Å². The molecule has 0 unspecified atom stereocenters. The van der Waals surface area contributed by atoms with Crippen molar-refractivity contribution in [3.63, 3.8) is 0 Å². The number of piperidine rings is 1. The van der Waals surface area contributed by atoms with E-state index in [4.69, 9.17) is 19.2 Å². The van der Waals surface area contributed by atoms with Crippen LogP contribution in [0.25, 0.3) is 11.4 Å². The van der Waals surface area contributed by atoms with Gasteiger partial charge < -0.3 is 23.7 Å². The predicted molar refractivity (Wildman–Crippen MR) is 139 cm³/mol. The Morgan fingerprint density at radius 2 is 1.92 bits per heavy atom. The van der Waals surface area contributed by atoms with Crippen LogP contribution < -0.4 is 5.56 Å². The van der Waals surface area contributed by atoms with Crippen LogP contribution >= 0.6 is 0 Å². The van der Waals surface area contributed by atoms with Crippen molar-refractivity contribution in [3.8, 4) is 0 Å². The summed E-state index contributed by atoms with van der Waals surface area (Å²) >= 11 is 0. The second kappa shape index (κ2) is 10.2. The Morgan fingerprint density at radius 3 is 2.58 bits per heavy atom. The van der Waals surface area contributed by atoms with Gasteiger partial charge >= 0.3 is 12.1 Å². The predicted octanol–water partition coefficient (Wildman–Crippen LogP) is 2.86. The van der Waals surface area contributed by atoms with Crippen LogP contribution in [-0.4, -0.2) is 74.6 Å². The Labute approximate surface area is 221 Å². The number of ether oxygens (including phenoxy) is 3. The third kappa shape index (κ3) is 4.95. The molecule has 2 aromatic heterocycles. The van der Waals surface area contributed by atoms with Gasteiger partial charge in [0.2, 0.25) is 5.78 Å². The van der Waals surface area contributed by atoms with Gasteiger partial charge in [0.05, 0.1) is 19.8 Å². The number of carbonyl (C=O) groups is 2. The van der Waals surface area contributed by atoms with Crippen LogP contribution in [0.1, 0.15) is 76.9 Å². The molecule has 2 aliphatic heterocycles. The van der Waals surface area contributed by atoms with Gasteiger partial charge in [-0.1, -0.05) is 6.08 Å². The van der Waals surface area contributed by atoms with Gasteiger partial charge in [0.25, 0.3) is 5.56 Å². The van der Waals surface area contributed by atoms with Crippen LogP contribution in [0.5, 0.6) is 0 Å². The van der Waals surface area contributed by atoms with Crippen LogP contribution in [0, 0.1) is 0 Å². The second-order valence-electron chi connectivity index (χ2n) is 11.3. The van der Waals surface area contributed by atoms with E-state index < -0.39 is 11.0 Å². The molecule has 11 heteroatoms. The minimum atomic E-state index is -0.569. The zero-order chi connectivity index (χ0) is 27.1. The van der Waals surface area contributed by atoms with Gasteiger partial charge in [-0.25, -0.2) is 4.79 Å². The first-order valence-electron chi connectivity index (χ1n) is 13.6. The molecule has 0 atom stereocenters. The second-order valence-corrected chi connectivity index (χ2v) is 11.3. The highest BCUT2D eigenvalue weighted by Gasteiger charge is 2.45. The van der Waals surface area contributed by atoms with Crippen molar-refractivity contribution < 1.29 is 23.8 Å². The topological polar surface area (TPSA) is 117 Å². The molecule has 0 radical (unpaired) electrons. The van der Waals surface area contributed by atoms with Gasteiger partial charge in [-0.3, -0.25) is 9.59 Å². The fourth-order valence-electron chi connectivity index (χ4n) is 5.92. The van der Waals surface area contributed by atoms with E-state index in [1.807, 2.05) is 31.4 Å². The Kier molecular flexibility index (Phi) is 7.06. The fraction of sp³-hybridized carbons (Fsp3) is 0.667. The van der Waals surface area contributed by atoms with Crippen LogP contribution in [0.3, 0.4) is 0 Å². The molecule has 1 spiro atoms. The van der Waals surface area contributed by atoms with Crippen molar-refractivity contribution in [2.45, 2.75) is 83.8 Å². The third-order valence-corrected chi connectivity index (χ3v) is 7.67. The number of amides is 1. The van der Waals surface area contributed by atoms with Crippen molar-refractivity contribution in [1.82, 2.24) is 24.1 Å². The van der Waals surface area contributed by atoms with Crippen LogP contribution in [0.2, 0.25) is 0 Å². The molecule has 2 aromatic rings. The number of carbonyl (C=O) groups excluding carboxylic acids is 2. The van der Waals surface area contributed by atoms with Gasteiger partial charge in [0.1, 0.15) is 12.1 Å². The first-order chi connectivity index (χ1) is 18.1. The first kappa shape index (κ1) is 26.4. The zero-order valence-electron chi connectivity index (χ0n) is 22.7. The number of fused-ring (bicyclic) bond motifs is 3. The standard InChI is InChI=1S/C27H37N5O6/c1-5-37-20(33)17-31-19-7-6-10-27(11-13-30(14-12-27)25(35)38-26(2,3)4)21(19)23(34)32-24(31)28-22(29-32)18-8-15-36-16-9-18/h8H,5-7,9-17H2,1-4H3.